The number of aryl methyl sites for hydroxylation is 1. The maximum Gasteiger partial charge on any atom is 0.254 e. The van der Waals surface area contributed by atoms with Crippen molar-refractivity contribution in [2.45, 2.75) is 32.2 Å². The maximum atomic E-state index is 5.83. The summed E-state index contributed by atoms with van der Waals surface area (Å²) in [5.74, 6) is 1.33. The van der Waals surface area contributed by atoms with Crippen LogP contribution in [0.25, 0.3) is 0 Å². The van der Waals surface area contributed by atoms with E-state index in [0.29, 0.717) is 5.88 Å². The second-order valence-electron chi connectivity index (χ2n) is 3.82. The first-order chi connectivity index (χ1) is 6.01. The first-order valence-electron chi connectivity index (χ1n) is 4.30. The van der Waals surface area contributed by atoms with Crippen molar-refractivity contribution in [3.05, 3.63) is 11.8 Å². The Morgan fingerprint density at radius 1 is 1.62 bits per heavy atom. The van der Waals surface area contributed by atoms with Crippen molar-refractivity contribution in [2.24, 2.45) is 5.73 Å². The third-order valence-corrected chi connectivity index (χ3v) is 1.76. The number of nitrogens with two attached hydrogens (primary N) is 1. The highest BCUT2D eigenvalue weighted by Gasteiger charge is 2.12. The molecule has 0 radical (unpaired) electrons. The molecule has 2 N–H and O–H groups in total. The fraction of sp³-hybridized carbons (Fsp3) is 0.667. The molecule has 0 aromatic carbocycles. The zero-order valence-electron chi connectivity index (χ0n) is 8.33. The van der Waals surface area contributed by atoms with E-state index in [0.717, 1.165) is 18.6 Å². The number of hydrogen-bond donors (Lipinski definition) is 1. The number of ether oxygens (including phenoxy) is 1. The van der Waals surface area contributed by atoms with Gasteiger partial charge < -0.3 is 15.0 Å². The lowest BCUT2D eigenvalue weighted by Crippen LogP contribution is -2.32. The Morgan fingerprint density at radius 2 is 2.31 bits per heavy atom. The third-order valence-electron chi connectivity index (χ3n) is 1.76. The Bertz CT molecular complexity index is 263. The van der Waals surface area contributed by atoms with Gasteiger partial charge in [-0.25, -0.2) is 0 Å². The summed E-state index contributed by atoms with van der Waals surface area (Å²) in [4.78, 5) is 0. The summed E-state index contributed by atoms with van der Waals surface area (Å²) >= 11 is 0. The lowest BCUT2D eigenvalue weighted by molar-refractivity contribution is 0.321. The van der Waals surface area contributed by atoms with Crippen molar-refractivity contribution in [1.82, 2.24) is 5.16 Å². The molecule has 1 rings (SSSR count). The second kappa shape index (κ2) is 3.79. The average Bonchev–Trinajstić information content (AvgIpc) is 2.47. The van der Waals surface area contributed by atoms with Crippen molar-refractivity contribution < 1.29 is 9.26 Å². The van der Waals surface area contributed by atoms with Crippen molar-refractivity contribution >= 4 is 0 Å². The van der Waals surface area contributed by atoms with E-state index in [4.69, 9.17) is 15.0 Å². The fourth-order valence-electron chi connectivity index (χ4n) is 0.953. The summed E-state index contributed by atoms with van der Waals surface area (Å²) in [7, 11) is 1.56. The lowest BCUT2D eigenvalue weighted by Gasteiger charge is -2.16. The van der Waals surface area contributed by atoms with Gasteiger partial charge in [0.15, 0.2) is 0 Å². The first-order valence-corrected chi connectivity index (χ1v) is 4.30. The molecule has 0 saturated heterocycles. The van der Waals surface area contributed by atoms with Gasteiger partial charge in [0.1, 0.15) is 5.76 Å². The van der Waals surface area contributed by atoms with Crippen molar-refractivity contribution in [3.8, 4) is 5.88 Å². The number of hydrogen-bond acceptors (Lipinski definition) is 4. The fourth-order valence-corrected chi connectivity index (χ4v) is 0.953. The van der Waals surface area contributed by atoms with Gasteiger partial charge in [-0.1, -0.05) is 0 Å². The molecule has 4 nitrogen and oxygen atoms in total. The van der Waals surface area contributed by atoms with Crippen LogP contribution >= 0.6 is 0 Å². The molecule has 4 heteroatoms. The standard InChI is InChI=1S/C9H16N2O2/c1-9(2,10)5-4-7-6-8(12-3)11-13-7/h6H,4-5,10H2,1-3H3. The first kappa shape index (κ1) is 10.1. The molecule has 1 heterocycles. The van der Waals surface area contributed by atoms with Gasteiger partial charge >= 0.3 is 0 Å². The minimum atomic E-state index is -0.167. The molecule has 0 fully saturated rings. The summed E-state index contributed by atoms with van der Waals surface area (Å²) in [6, 6.07) is 1.78. The van der Waals surface area contributed by atoms with Crippen LogP contribution in [0, 0.1) is 0 Å². The molecule has 0 aliphatic heterocycles. The van der Waals surface area contributed by atoms with Gasteiger partial charge in [-0.3, -0.25) is 0 Å². The van der Waals surface area contributed by atoms with Crippen LogP contribution in [0.15, 0.2) is 10.6 Å². The van der Waals surface area contributed by atoms with Gasteiger partial charge in [0, 0.05) is 18.0 Å². The summed E-state index contributed by atoms with van der Waals surface area (Å²) < 4.78 is 9.91. The summed E-state index contributed by atoms with van der Waals surface area (Å²) in [6.45, 7) is 3.97. The van der Waals surface area contributed by atoms with E-state index in [9.17, 15) is 0 Å². The van der Waals surface area contributed by atoms with Crippen LogP contribution in [0.4, 0.5) is 0 Å². The Balaban J connectivity index is 2.46. The molecule has 74 valence electrons. The summed E-state index contributed by atoms with van der Waals surface area (Å²) in [5, 5.41) is 3.70. The molecule has 0 aliphatic carbocycles. The monoisotopic (exact) mass is 184 g/mol. The van der Waals surface area contributed by atoms with Crippen molar-refractivity contribution in [3.63, 3.8) is 0 Å². The van der Waals surface area contributed by atoms with E-state index in [-0.39, 0.29) is 5.54 Å². The van der Waals surface area contributed by atoms with Gasteiger partial charge in [-0.05, 0) is 25.4 Å². The van der Waals surface area contributed by atoms with E-state index in [2.05, 4.69) is 5.16 Å². The second-order valence-corrected chi connectivity index (χ2v) is 3.82. The van der Waals surface area contributed by atoms with E-state index in [1.807, 2.05) is 13.8 Å². The summed E-state index contributed by atoms with van der Waals surface area (Å²) in [5.41, 5.74) is 5.66. The van der Waals surface area contributed by atoms with Crippen LogP contribution in [0.2, 0.25) is 0 Å². The zero-order valence-corrected chi connectivity index (χ0v) is 8.33. The Hall–Kier alpha value is -1.03. The Labute approximate surface area is 78.0 Å². The van der Waals surface area contributed by atoms with Crippen LogP contribution in [0.1, 0.15) is 26.0 Å². The maximum absolute atomic E-state index is 5.83. The average molecular weight is 184 g/mol. The van der Waals surface area contributed by atoms with Crippen LogP contribution in [0.5, 0.6) is 5.88 Å². The van der Waals surface area contributed by atoms with Gasteiger partial charge in [0.25, 0.3) is 5.88 Å². The molecule has 0 spiro atoms. The molecule has 1 aromatic heterocycles. The number of nitrogens with zero attached hydrogens (tertiary/aromatic N) is 1. The van der Waals surface area contributed by atoms with Gasteiger partial charge in [0.2, 0.25) is 0 Å². The van der Waals surface area contributed by atoms with Crippen molar-refractivity contribution in [2.75, 3.05) is 7.11 Å². The quantitative estimate of drug-likeness (QED) is 0.767. The van der Waals surface area contributed by atoms with Crippen molar-refractivity contribution in [1.29, 1.82) is 0 Å². The molecule has 13 heavy (non-hydrogen) atoms. The van der Waals surface area contributed by atoms with Crippen LogP contribution in [-0.4, -0.2) is 17.8 Å². The predicted octanol–water partition coefficient (Wildman–Crippen LogP) is 1.35. The normalized spacial score (nSPS) is 11.7. The number of methoxy groups -OCH3 is 1. The Morgan fingerprint density at radius 3 is 2.77 bits per heavy atom. The smallest absolute Gasteiger partial charge is 0.254 e. The number of aromatic nitrogens is 1. The molecule has 0 atom stereocenters. The molecule has 1 aromatic rings. The van der Waals surface area contributed by atoms with Crippen LogP contribution in [-0.2, 0) is 6.42 Å². The summed E-state index contributed by atoms with van der Waals surface area (Å²) in [6.07, 6.45) is 1.66. The highest BCUT2D eigenvalue weighted by atomic mass is 16.5. The third kappa shape index (κ3) is 3.46. The Kier molecular flexibility index (Phi) is 2.93. The predicted molar refractivity (Wildman–Crippen MR) is 49.6 cm³/mol. The highest BCUT2D eigenvalue weighted by Crippen LogP contribution is 2.15. The molecule has 0 saturated carbocycles. The topological polar surface area (TPSA) is 61.3 Å². The molecule has 0 unspecified atom stereocenters. The molecule has 0 bridgehead atoms. The molecular formula is C9H16N2O2. The van der Waals surface area contributed by atoms with Crippen LogP contribution in [0.3, 0.4) is 0 Å². The SMILES string of the molecule is COc1cc(CCC(C)(C)N)on1. The largest absolute Gasteiger partial charge is 0.479 e. The van der Waals surface area contributed by atoms with E-state index < -0.39 is 0 Å². The van der Waals surface area contributed by atoms with Crippen LogP contribution < -0.4 is 10.5 Å². The lowest BCUT2D eigenvalue weighted by atomic mass is 9.99. The minimum absolute atomic E-state index is 0.167. The molecule has 0 aliphatic rings. The highest BCUT2D eigenvalue weighted by molar-refractivity contribution is 5.11. The molecular weight excluding hydrogens is 168 g/mol. The molecule has 0 amide bonds. The van der Waals surface area contributed by atoms with E-state index >= 15 is 0 Å². The number of rotatable bonds is 4. The van der Waals surface area contributed by atoms with Gasteiger partial charge in [-0.2, -0.15) is 0 Å². The van der Waals surface area contributed by atoms with Gasteiger partial charge in [0.05, 0.1) is 7.11 Å². The zero-order chi connectivity index (χ0) is 9.90. The van der Waals surface area contributed by atoms with Gasteiger partial charge in [-0.15, -0.1) is 0 Å². The van der Waals surface area contributed by atoms with E-state index in [1.165, 1.54) is 0 Å². The minimum Gasteiger partial charge on any atom is -0.479 e. The van der Waals surface area contributed by atoms with E-state index in [1.54, 1.807) is 13.2 Å².